The molecule has 0 aliphatic heterocycles. The Morgan fingerprint density at radius 3 is 2.13 bits per heavy atom. The summed E-state index contributed by atoms with van der Waals surface area (Å²) < 4.78 is 0. The van der Waals surface area contributed by atoms with Gasteiger partial charge in [-0.3, -0.25) is 19.2 Å². The van der Waals surface area contributed by atoms with Gasteiger partial charge < -0.3 is 20.8 Å². The lowest BCUT2D eigenvalue weighted by Gasteiger charge is -2.07. The van der Waals surface area contributed by atoms with Gasteiger partial charge in [-0.15, -0.1) is 0 Å². The highest BCUT2D eigenvalue weighted by molar-refractivity contribution is 6.46. The minimum atomic E-state index is -0.505. The third-order valence-electron chi connectivity index (χ3n) is 6.54. The quantitative estimate of drug-likeness (QED) is 0.0865. The van der Waals surface area contributed by atoms with Crippen LogP contribution >= 0.6 is 0 Å². The average Bonchev–Trinajstić information content (AvgIpc) is 2.90. The molecule has 4 N–H and O–H groups in total. The number of aromatic hydroxyl groups is 2. The molecule has 2 rings (SSSR count). The molecule has 8 heteroatoms. The number of benzene rings is 1. The van der Waals surface area contributed by atoms with Crippen LogP contribution in [0.4, 0.5) is 0 Å². The Bertz CT molecular complexity index is 998. The molecule has 0 unspecified atom stereocenters. The molecular formula is C30H42N2O6. The largest absolute Gasteiger partial charge is 0.504 e. The van der Waals surface area contributed by atoms with E-state index in [4.69, 9.17) is 0 Å². The lowest BCUT2D eigenvalue weighted by molar-refractivity contribution is -0.131. The number of amides is 1. The molecule has 8 nitrogen and oxygen atoms in total. The molecule has 0 spiro atoms. The van der Waals surface area contributed by atoms with Crippen molar-refractivity contribution in [2.24, 2.45) is 0 Å². The van der Waals surface area contributed by atoms with Crippen LogP contribution in [0.25, 0.3) is 0 Å². The number of nitrogens with one attached hydrogen (secondary N) is 2. The summed E-state index contributed by atoms with van der Waals surface area (Å²) in [7, 11) is 0. The highest BCUT2D eigenvalue weighted by Crippen LogP contribution is 2.25. The number of aryl methyl sites for hydroxylation is 1. The lowest BCUT2D eigenvalue weighted by Crippen LogP contribution is -2.27. The van der Waals surface area contributed by atoms with Crippen molar-refractivity contribution in [2.45, 2.75) is 83.5 Å². The number of unbranched alkanes of at least 4 members (excludes halogenated alkanes) is 6. The molecule has 1 amide bonds. The molecule has 0 fully saturated rings. The van der Waals surface area contributed by atoms with Gasteiger partial charge >= 0.3 is 0 Å². The number of phenols is 2. The third-order valence-corrected chi connectivity index (χ3v) is 6.54. The summed E-state index contributed by atoms with van der Waals surface area (Å²) in [5.41, 5.74) is 1.57. The summed E-state index contributed by atoms with van der Waals surface area (Å²) in [5.74, 6) is -1.14. The van der Waals surface area contributed by atoms with Crippen LogP contribution in [0.5, 0.6) is 11.5 Å². The first-order valence-corrected chi connectivity index (χ1v) is 13.8. The zero-order chi connectivity index (χ0) is 27.6. The van der Waals surface area contributed by atoms with Crippen molar-refractivity contribution in [1.82, 2.24) is 10.6 Å². The maximum atomic E-state index is 12.0. The Labute approximate surface area is 225 Å². The van der Waals surface area contributed by atoms with Crippen LogP contribution in [-0.4, -0.2) is 53.1 Å². The molecule has 0 aromatic heterocycles. The molecule has 0 saturated carbocycles. The van der Waals surface area contributed by atoms with E-state index in [0.717, 1.165) is 56.3 Å². The molecule has 208 valence electrons. The van der Waals surface area contributed by atoms with Crippen LogP contribution in [0, 0.1) is 0 Å². The molecule has 1 aliphatic rings. The number of allylic oxidation sites excluding steroid dienone is 4. The number of rotatable bonds is 20. The van der Waals surface area contributed by atoms with E-state index in [1.54, 1.807) is 12.1 Å². The van der Waals surface area contributed by atoms with Crippen LogP contribution in [0.15, 0.2) is 42.0 Å². The van der Waals surface area contributed by atoms with Crippen LogP contribution in [0.2, 0.25) is 0 Å². The minimum absolute atomic E-state index is 0.0205. The third kappa shape index (κ3) is 13.3. The molecule has 0 bridgehead atoms. The highest BCUT2D eigenvalue weighted by atomic mass is 16.3. The molecule has 38 heavy (non-hydrogen) atoms. The second-order valence-electron chi connectivity index (χ2n) is 9.82. The van der Waals surface area contributed by atoms with E-state index >= 15 is 0 Å². The summed E-state index contributed by atoms with van der Waals surface area (Å²) >= 11 is 0. The van der Waals surface area contributed by atoms with E-state index in [1.165, 1.54) is 43.5 Å². The van der Waals surface area contributed by atoms with Gasteiger partial charge in [-0.25, -0.2) is 0 Å². The van der Waals surface area contributed by atoms with Crippen molar-refractivity contribution >= 4 is 23.3 Å². The standard InChI is InChI=1S/C30H42N2O6/c33-25(14-10-23-11-15-26(34)28(36)21-23)9-6-4-2-1-3-5-7-18-31-19-8-20-32-30(38)17-13-24-12-16-27(35)29(37)22-24/h11-12,15-16,21-22,31,35,37H,1-10,13-14,17-20H2,(H,32,38). The summed E-state index contributed by atoms with van der Waals surface area (Å²) in [5, 5.41) is 25.1. The minimum Gasteiger partial charge on any atom is -0.504 e. The van der Waals surface area contributed by atoms with Crippen LogP contribution < -0.4 is 10.6 Å². The van der Waals surface area contributed by atoms with Crippen molar-refractivity contribution in [3.63, 3.8) is 0 Å². The average molecular weight is 527 g/mol. The van der Waals surface area contributed by atoms with Crippen molar-refractivity contribution in [3.8, 4) is 11.5 Å². The summed E-state index contributed by atoms with van der Waals surface area (Å²) in [6, 6.07) is 4.60. The predicted molar refractivity (Wildman–Crippen MR) is 147 cm³/mol. The topological polar surface area (TPSA) is 133 Å². The zero-order valence-electron chi connectivity index (χ0n) is 22.3. The van der Waals surface area contributed by atoms with Gasteiger partial charge in [-0.05, 0) is 80.6 Å². The van der Waals surface area contributed by atoms with Crippen molar-refractivity contribution in [2.75, 3.05) is 19.6 Å². The van der Waals surface area contributed by atoms with Gasteiger partial charge in [0.2, 0.25) is 17.5 Å². The number of Topliss-reactive ketones (excluding diaryl/α,β-unsaturated/α-hetero) is 1. The van der Waals surface area contributed by atoms with Gasteiger partial charge in [0.25, 0.3) is 0 Å². The van der Waals surface area contributed by atoms with Crippen LogP contribution in [0.1, 0.15) is 82.6 Å². The Morgan fingerprint density at radius 2 is 1.39 bits per heavy atom. The van der Waals surface area contributed by atoms with Crippen molar-refractivity contribution in [3.05, 3.63) is 47.6 Å². The Kier molecular flexibility index (Phi) is 14.7. The van der Waals surface area contributed by atoms with E-state index in [2.05, 4.69) is 10.6 Å². The molecule has 0 atom stereocenters. The van der Waals surface area contributed by atoms with Crippen LogP contribution in [0.3, 0.4) is 0 Å². The SMILES string of the molecule is O=C(CCCCCCCCCNCCCNC(=O)CCc1ccc(O)c(O)c1)CCC1=CC(=O)C(=O)C=C1. The predicted octanol–water partition coefficient (Wildman–Crippen LogP) is 4.23. The maximum Gasteiger partial charge on any atom is 0.225 e. The van der Waals surface area contributed by atoms with E-state index in [1.807, 2.05) is 0 Å². The van der Waals surface area contributed by atoms with E-state index < -0.39 is 11.6 Å². The van der Waals surface area contributed by atoms with Gasteiger partial charge in [0.1, 0.15) is 5.78 Å². The second kappa shape index (κ2) is 18.1. The van der Waals surface area contributed by atoms with Crippen LogP contribution in [-0.2, 0) is 25.6 Å². The fourth-order valence-electron chi connectivity index (χ4n) is 4.21. The van der Waals surface area contributed by atoms with Crippen molar-refractivity contribution < 1.29 is 29.4 Å². The lowest BCUT2D eigenvalue weighted by atomic mass is 9.98. The number of ketones is 3. The molecule has 1 aromatic rings. The molecule has 0 radical (unpaired) electrons. The molecule has 1 aliphatic carbocycles. The van der Waals surface area contributed by atoms with E-state index in [0.29, 0.717) is 38.6 Å². The first-order valence-electron chi connectivity index (χ1n) is 13.8. The molecule has 1 aromatic carbocycles. The maximum absolute atomic E-state index is 12.0. The summed E-state index contributed by atoms with van der Waals surface area (Å²) in [6.45, 7) is 2.46. The smallest absolute Gasteiger partial charge is 0.225 e. The fourth-order valence-corrected chi connectivity index (χ4v) is 4.21. The van der Waals surface area contributed by atoms with Gasteiger partial charge in [-0.2, -0.15) is 0 Å². The van der Waals surface area contributed by atoms with E-state index in [-0.39, 0.29) is 23.2 Å². The molecular weight excluding hydrogens is 484 g/mol. The number of carbonyl (C=O) groups excluding carboxylic acids is 4. The highest BCUT2D eigenvalue weighted by Gasteiger charge is 2.14. The second-order valence-corrected chi connectivity index (χ2v) is 9.82. The first-order chi connectivity index (χ1) is 18.3. The normalized spacial score (nSPS) is 13.0. The Balaban J connectivity index is 1.32. The number of hydrogen-bond acceptors (Lipinski definition) is 7. The van der Waals surface area contributed by atoms with Gasteiger partial charge in [0, 0.05) is 25.8 Å². The number of hydrogen-bond donors (Lipinski definition) is 4. The number of carbonyl (C=O) groups is 4. The van der Waals surface area contributed by atoms with Gasteiger partial charge in [-0.1, -0.05) is 44.2 Å². The summed E-state index contributed by atoms with van der Waals surface area (Å²) in [6.07, 6.45) is 15.3. The fraction of sp³-hybridized carbons (Fsp3) is 0.533. The Hall–Kier alpha value is -3.26. The molecule has 0 heterocycles. The van der Waals surface area contributed by atoms with Gasteiger partial charge in [0.15, 0.2) is 11.5 Å². The summed E-state index contributed by atoms with van der Waals surface area (Å²) in [4.78, 5) is 46.4. The first kappa shape index (κ1) is 31.0. The zero-order valence-corrected chi connectivity index (χ0v) is 22.3. The Morgan fingerprint density at radius 1 is 0.684 bits per heavy atom. The van der Waals surface area contributed by atoms with E-state index in [9.17, 15) is 29.4 Å². The van der Waals surface area contributed by atoms with Gasteiger partial charge in [0.05, 0.1) is 0 Å². The van der Waals surface area contributed by atoms with Crippen molar-refractivity contribution in [1.29, 1.82) is 0 Å². The molecule has 0 saturated heterocycles. The number of phenolic OH excluding ortho intramolecular Hbond substituents is 2. The monoisotopic (exact) mass is 526 g/mol.